The smallest absolute Gasteiger partial charge is 0.241 e. The standard InChI is InChI=1S/C11H20N2O2S2/c1-4-11(2,3)8-13-17(14,15)10-5-6-16-9(10)7-12/h5-6,13H,4,7-8,12H2,1-3H3. The van der Waals surface area contributed by atoms with Crippen LogP contribution >= 0.6 is 11.3 Å². The molecule has 0 fully saturated rings. The van der Waals surface area contributed by atoms with Gasteiger partial charge in [-0.3, -0.25) is 0 Å². The van der Waals surface area contributed by atoms with Crippen molar-refractivity contribution < 1.29 is 8.42 Å². The summed E-state index contributed by atoms with van der Waals surface area (Å²) in [6.07, 6.45) is 0.920. The molecule has 4 nitrogen and oxygen atoms in total. The van der Waals surface area contributed by atoms with Crippen molar-refractivity contribution in [3.8, 4) is 0 Å². The van der Waals surface area contributed by atoms with E-state index in [0.717, 1.165) is 6.42 Å². The van der Waals surface area contributed by atoms with E-state index in [4.69, 9.17) is 5.73 Å². The molecule has 0 amide bonds. The Hall–Kier alpha value is -0.430. The number of hydrogen-bond acceptors (Lipinski definition) is 4. The van der Waals surface area contributed by atoms with Crippen molar-refractivity contribution in [2.45, 2.75) is 38.6 Å². The van der Waals surface area contributed by atoms with Gasteiger partial charge in [0.15, 0.2) is 0 Å². The van der Waals surface area contributed by atoms with Crippen LogP contribution in [0.1, 0.15) is 32.1 Å². The fourth-order valence-corrected chi connectivity index (χ4v) is 3.79. The summed E-state index contributed by atoms with van der Waals surface area (Å²) in [4.78, 5) is 1.02. The van der Waals surface area contributed by atoms with Crippen molar-refractivity contribution in [3.05, 3.63) is 16.3 Å². The van der Waals surface area contributed by atoms with Gasteiger partial charge in [0.1, 0.15) is 0 Å². The first-order chi connectivity index (χ1) is 7.82. The molecular weight excluding hydrogens is 256 g/mol. The minimum Gasteiger partial charge on any atom is -0.326 e. The van der Waals surface area contributed by atoms with Gasteiger partial charge in [-0.15, -0.1) is 11.3 Å². The molecular formula is C11H20N2O2S2. The number of hydrogen-bond donors (Lipinski definition) is 2. The topological polar surface area (TPSA) is 72.2 Å². The number of thiophene rings is 1. The minimum absolute atomic E-state index is 0.0357. The lowest BCUT2D eigenvalue weighted by Crippen LogP contribution is -2.33. The Labute approximate surface area is 107 Å². The Morgan fingerprint density at radius 3 is 2.65 bits per heavy atom. The normalized spacial score (nSPS) is 12.9. The van der Waals surface area contributed by atoms with Crippen LogP contribution in [0, 0.1) is 5.41 Å². The highest BCUT2D eigenvalue weighted by Gasteiger charge is 2.23. The summed E-state index contributed by atoms with van der Waals surface area (Å²) in [5, 5.41) is 1.75. The molecule has 1 heterocycles. The third-order valence-corrected chi connectivity index (χ3v) is 5.44. The summed E-state index contributed by atoms with van der Waals surface area (Å²) in [5.41, 5.74) is 5.48. The second-order valence-corrected chi connectivity index (χ2v) is 7.49. The molecule has 0 radical (unpaired) electrons. The van der Waals surface area contributed by atoms with Crippen LogP contribution in [-0.2, 0) is 16.6 Å². The van der Waals surface area contributed by atoms with Gasteiger partial charge in [-0.2, -0.15) is 0 Å². The monoisotopic (exact) mass is 276 g/mol. The average Bonchev–Trinajstić information content (AvgIpc) is 2.75. The fourth-order valence-electron chi connectivity index (χ4n) is 1.21. The third kappa shape index (κ3) is 3.77. The van der Waals surface area contributed by atoms with E-state index in [1.54, 1.807) is 11.4 Å². The Kier molecular flexibility index (Phi) is 4.71. The number of nitrogens with two attached hydrogens (primary N) is 1. The van der Waals surface area contributed by atoms with E-state index in [0.29, 0.717) is 16.3 Å². The first kappa shape index (κ1) is 14.6. The van der Waals surface area contributed by atoms with Crippen molar-refractivity contribution >= 4 is 21.4 Å². The number of sulfonamides is 1. The van der Waals surface area contributed by atoms with Gasteiger partial charge in [0.25, 0.3) is 0 Å². The van der Waals surface area contributed by atoms with Gasteiger partial charge >= 0.3 is 0 Å². The highest BCUT2D eigenvalue weighted by molar-refractivity contribution is 7.89. The van der Waals surface area contributed by atoms with Crippen molar-refractivity contribution in [1.82, 2.24) is 4.72 Å². The predicted molar refractivity (Wildman–Crippen MR) is 71.5 cm³/mol. The Bertz CT molecular complexity index is 464. The molecule has 1 aromatic heterocycles. The second kappa shape index (κ2) is 5.48. The molecule has 0 spiro atoms. The minimum atomic E-state index is -3.42. The van der Waals surface area contributed by atoms with E-state index in [2.05, 4.69) is 4.72 Å². The predicted octanol–water partition coefficient (Wildman–Crippen LogP) is 1.92. The van der Waals surface area contributed by atoms with E-state index in [-0.39, 0.29) is 12.0 Å². The van der Waals surface area contributed by atoms with E-state index >= 15 is 0 Å². The summed E-state index contributed by atoms with van der Waals surface area (Å²) < 4.78 is 26.8. The molecule has 0 saturated carbocycles. The average molecular weight is 276 g/mol. The lowest BCUT2D eigenvalue weighted by Gasteiger charge is -2.22. The Morgan fingerprint density at radius 2 is 2.12 bits per heavy atom. The highest BCUT2D eigenvalue weighted by atomic mass is 32.2. The largest absolute Gasteiger partial charge is 0.326 e. The molecule has 0 atom stereocenters. The van der Waals surface area contributed by atoms with Crippen molar-refractivity contribution in [2.24, 2.45) is 11.1 Å². The summed E-state index contributed by atoms with van der Waals surface area (Å²) >= 11 is 1.37. The quantitative estimate of drug-likeness (QED) is 0.834. The molecule has 0 aromatic carbocycles. The van der Waals surface area contributed by atoms with Crippen LogP contribution in [0.2, 0.25) is 0 Å². The van der Waals surface area contributed by atoms with E-state index in [1.807, 2.05) is 20.8 Å². The molecule has 1 aromatic rings. The van der Waals surface area contributed by atoms with E-state index in [9.17, 15) is 8.42 Å². The van der Waals surface area contributed by atoms with Gasteiger partial charge in [-0.25, -0.2) is 13.1 Å². The van der Waals surface area contributed by atoms with Crippen LogP contribution in [-0.4, -0.2) is 15.0 Å². The Balaban J connectivity index is 2.83. The first-order valence-electron chi connectivity index (χ1n) is 5.58. The molecule has 0 aliphatic heterocycles. The van der Waals surface area contributed by atoms with Gasteiger partial charge in [0.05, 0.1) is 4.90 Å². The Morgan fingerprint density at radius 1 is 1.47 bits per heavy atom. The SMILES string of the molecule is CCC(C)(C)CNS(=O)(=O)c1ccsc1CN. The van der Waals surface area contributed by atoms with E-state index < -0.39 is 10.0 Å². The molecule has 98 valence electrons. The second-order valence-electron chi connectivity index (χ2n) is 4.75. The maximum Gasteiger partial charge on any atom is 0.241 e. The van der Waals surface area contributed by atoms with Crippen molar-refractivity contribution in [1.29, 1.82) is 0 Å². The maximum atomic E-state index is 12.1. The summed E-state index contributed by atoms with van der Waals surface area (Å²) in [5.74, 6) is 0. The molecule has 0 aliphatic carbocycles. The van der Waals surface area contributed by atoms with E-state index in [1.165, 1.54) is 11.3 Å². The number of rotatable bonds is 6. The molecule has 0 unspecified atom stereocenters. The summed E-state index contributed by atoms with van der Waals surface area (Å²) in [6, 6.07) is 1.61. The molecule has 1 rings (SSSR count). The van der Waals surface area contributed by atoms with Gasteiger partial charge in [0, 0.05) is 18.0 Å². The number of nitrogens with one attached hydrogen (secondary N) is 1. The highest BCUT2D eigenvalue weighted by Crippen LogP contribution is 2.23. The molecule has 17 heavy (non-hydrogen) atoms. The van der Waals surface area contributed by atoms with Crippen LogP contribution < -0.4 is 10.5 Å². The zero-order valence-electron chi connectivity index (χ0n) is 10.5. The molecule has 0 bridgehead atoms. The lowest BCUT2D eigenvalue weighted by molar-refractivity contribution is 0.350. The fraction of sp³-hybridized carbons (Fsp3) is 0.636. The molecule has 6 heteroatoms. The lowest BCUT2D eigenvalue weighted by atomic mass is 9.91. The van der Waals surface area contributed by atoms with Crippen molar-refractivity contribution in [2.75, 3.05) is 6.54 Å². The van der Waals surface area contributed by atoms with Gasteiger partial charge in [-0.1, -0.05) is 20.8 Å². The van der Waals surface area contributed by atoms with Gasteiger partial charge < -0.3 is 5.73 Å². The van der Waals surface area contributed by atoms with Gasteiger partial charge in [-0.05, 0) is 23.3 Å². The zero-order chi connectivity index (χ0) is 13.1. The molecule has 3 N–H and O–H groups in total. The van der Waals surface area contributed by atoms with Crippen LogP contribution in [0.4, 0.5) is 0 Å². The maximum absolute atomic E-state index is 12.1. The van der Waals surface area contributed by atoms with Crippen LogP contribution in [0.15, 0.2) is 16.3 Å². The van der Waals surface area contributed by atoms with Crippen LogP contribution in [0.3, 0.4) is 0 Å². The molecule has 0 saturated heterocycles. The van der Waals surface area contributed by atoms with Gasteiger partial charge in [0.2, 0.25) is 10.0 Å². The first-order valence-corrected chi connectivity index (χ1v) is 7.95. The summed E-state index contributed by atoms with van der Waals surface area (Å²) in [7, 11) is -3.42. The van der Waals surface area contributed by atoms with Crippen LogP contribution in [0.25, 0.3) is 0 Å². The molecule has 0 aliphatic rings. The summed E-state index contributed by atoms with van der Waals surface area (Å²) in [6.45, 7) is 6.81. The van der Waals surface area contributed by atoms with Crippen molar-refractivity contribution in [3.63, 3.8) is 0 Å². The van der Waals surface area contributed by atoms with Crippen LogP contribution in [0.5, 0.6) is 0 Å². The zero-order valence-corrected chi connectivity index (χ0v) is 12.1. The third-order valence-electron chi connectivity index (χ3n) is 2.88.